The minimum absolute atomic E-state index is 0.179. The predicted molar refractivity (Wildman–Crippen MR) is 73.2 cm³/mol. The number of hydrogen-bond donors (Lipinski definition) is 1. The Balaban J connectivity index is 1.87. The molecule has 0 heterocycles. The Morgan fingerprint density at radius 3 is 2.21 bits per heavy atom. The van der Waals surface area contributed by atoms with Crippen LogP contribution in [0.3, 0.4) is 0 Å². The minimum atomic E-state index is -0.691. The summed E-state index contributed by atoms with van der Waals surface area (Å²) >= 11 is 0. The molecule has 102 valence electrons. The van der Waals surface area contributed by atoms with E-state index >= 15 is 0 Å². The lowest BCUT2D eigenvalue weighted by molar-refractivity contribution is -0.143. The standard InChI is InChI=1S/C16H20O3/c1-11-2-6-13(7-3-11)15(17)10-12-4-8-14(9-5-12)16(18)19/h2-3,6-7,12,14H,4-5,8-10H2,1H3,(H,18,19). The summed E-state index contributed by atoms with van der Waals surface area (Å²) in [5, 5.41) is 8.94. The number of carboxylic acid groups (broad SMARTS) is 1. The number of benzene rings is 1. The molecule has 0 bridgehead atoms. The van der Waals surface area contributed by atoms with Gasteiger partial charge in [0.15, 0.2) is 5.78 Å². The Kier molecular flexibility index (Phi) is 4.35. The van der Waals surface area contributed by atoms with Crippen molar-refractivity contribution >= 4 is 11.8 Å². The van der Waals surface area contributed by atoms with E-state index in [1.54, 1.807) is 0 Å². The third-order valence-corrected chi connectivity index (χ3v) is 4.04. The van der Waals surface area contributed by atoms with E-state index < -0.39 is 5.97 Å². The van der Waals surface area contributed by atoms with Gasteiger partial charge in [-0.05, 0) is 38.5 Å². The van der Waals surface area contributed by atoms with Gasteiger partial charge in [0.2, 0.25) is 0 Å². The molecule has 0 saturated heterocycles. The number of aliphatic carboxylic acids is 1. The van der Waals surface area contributed by atoms with Gasteiger partial charge in [0.25, 0.3) is 0 Å². The van der Waals surface area contributed by atoms with Gasteiger partial charge in [-0.2, -0.15) is 0 Å². The molecule has 3 nitrogen and oxygen atoms in total. The highest BCUT2D eigenvalue weighted by Crippen LogP contribution is 2.31. The molecule has 19 heavy (non-hydrogen) atoms. The van der Waals surface area contributed by atoms with Crippen molar-refractivity contribution in [1.29, 1.82) is 0 Å². The molecule has 2 rings (SSSR count). The van der Waals surface area contributed by atoms with E-state index in [4.69, 9.17) is 5.11 Å². The summed E-state index contributed by atoms with van der Waals surface area (Å²) in [6, 6.07) is 7.66. The molecule has 1 aliphatic carbocycles. The molecule has 0 radical (unpaired) electrons. The lowest BCUT2D eigenvalue weighted by Crippen LogP contribution is -2.22. The van der Waals surface area contributed by atoms with E-state index in [1.165, 1.54) is 0 Å². The zero-order chi connectivity index (χ0) is 13.8. The lowest BCUT2D eigenvalue weighted by Gasteiger charge is -2.25. The van der Waals surface area contributed by atoms with Crippen molar-refractivity contribution < 1.29 is 14.7 Å². The number of ketones is 1. The smallest absolute Gasteiger partial charge is 0.306 e. The summed E-state index contributed by atoms with van der Waals surface area (Å²) in [6.45, 7) is 2.00. The van der Waals surface area contributed by atoms with E-state index in [0.717, 1.165) is 24.0 Å². The summed E-state index contributed by atoms with van der Waals surface area (Å²) < 4.78 is 0. The highest BCUT2D eigenvalue weighted by molar-refractivity contribution is 5.96. The van der Waals surface area contributed by atoms with Gasteiger partial charge in [-0.25, -0.2) is 0 Å². The highest BCUT2D eigenvalue weighted by atomic mass is 16.4. The van der Waals surface area contributed by atoms with Crippen LogP contribution in [0.15, 0.2) is 24.3 Å². The maximum absolute atomic E-state index is 12.1. The van der Waals surface area contributed by atoms with Crippen molar-refractivity contribution in [1.82, 2.24) is 0 Å². The van der Waals surface area contributed by atoms with Crippen molar-refractivity contribution in [2.75, 3.05) is 0 Å². The fourth-order valence-electron chi connectivity index (χ4n) is 2.73. The molecule has 1 aliphatic rings. The molecular weight excluding hydrogens is 240 g/mol. The Morgan fingerprint density at radius 1 is 1.11 bits per heavy atom. The van der Waals surface area contributed by atoms with Gasteiger partial charge in [-0.1, -0.05) is 29.8 Å². The fraction of sp³-hybridized carbons (Fsp3) is 0.500. The quantitative estimate of drug-likeness (QED) is 0.843. The first-order valence-corrected chi connectivity index (χ1v) is 6.89. The minimum Gasteiger partial charge on any atom is -0.481 e. The Bertz CT molecular complexity index is 453. The maximum atomic E-state index is 12.1. The van der Waals surface area contributed by atoms with Crippen LogP contribution in [0, 0.1) is 18.8 Å². The number of carbonyl (C=O) groups excluding carboxylic acids is 1. The molecule has 0 spiro atoms. The predicted octanol–water partition coefficient (Wildman–Crippen LogP) is 3.46. The number of rotatable bonds is 4. The van der Waals surface area contributed by atoms with E-state index in [1.807, 2.05) is 31.2 Å². The van der Waals surface area contributed by atoms with Crippen LogP contribution in [-0.2, 0) is 4.79 Å². The van der Waals surface area contributed by atoms with Gasteiger partial charge in [0, 0.05) is 12.0 Å². The average molecular weight is 260 g/mol. The van der Waals surface area contributed by atoms with Crippen molar-refractivity contribution in [3.63, 3.8) is 0 Å². The molecule has 1 aromatic rings. The van der Waals surface area contributed by atoms with E-state index in [2.05, 4.69) is 0 Å². The van der Waals surface area contributed by atoms with Gasteiger partial charge in [0.05, 0.1) is 5.92 Å². The third kappa shape index (κ3) is 3.66. The van der Waals surface area contributed by atoms with Crippen LogP contribution in [0.2, 0.25) is 0 Å². The zero-order valence-corrected chi connectivity index (χ0v) is 11.3. The second kappa shape index (κ2) is 6.00. The van der Waals surface area contributed by atoms with Crippen molar-refractivity contribution in [2.45, 2.75) is 39.0 Å². The summed E-state index contributed by atoms with van der Waals surface area (Å²) in [5.41, 5.74) is 1.92. The molecule has 1 N–H and O–H groups in total. The molecule has 0 unspecified atom stereocenters. The van der Waals surface area contributed by atoms with Crippen molar-refractivity contribution in [3.05, 3.63) is 35.4 Å². The molecule has 3 heteroatoms. The van der Waals surface area contributed by atoms with Crippen LogP contribution in [0.25, 0.3) is 0 Å². The van der Waals surface area contributed by atoms with Crippen LogP contribution in [0.5, 0.6) is 0 Å². The molecule has 1 aromatic carbocycles. The SMILES string of the molecule is Cc1ccc(C(=O)CC2CCC(C(=O)O)CC2)cc1. The Morgan fingerprint density at radius 2 is 1.68 bits per heavy atom. The number of aryl methyl sites for hydroxylation is 1. The Labute approximate surface area is 113 Å². The second-order valence-corrected chi connectivity index (χ2v) is 5.55. The molecule has 0 amide bonds. The molecule has 0 aromatic heterocycles. The first kappa shape index (κ1) is 13.8. The maximum Gasteiger partial charge on any atom is 0.306 e. The van der Waals surface area contributed by atoms with Crippen LogP contribution in [0.1, 0.15) is 48.0 Å². The fourth-order valence-corrected chi connectivity index (χ4v) is 2.73. The average Bonchev–Trinajstić information content (AvgIpc) is 2.40. The van der Waals surface area contributed by atoms with Crippen LogP contribution in [0.4, 0.5) is 0 Å². The van der Waals surface area contributed by atoms with Gasteiger partial charge in [-0.15, -0.1) is 0 Å². The molecule has 1 fully saturated rings. The van der Waals surface area contributed by atoms with Crippen LogP contribution < -0.4 is 0 Å². The van der Waals surface area contributed by atoms with E-state index in [-0.39, 0.29) is 11.7 Å². The first-order valence-electron chi connectivity index (χ1n) is 6.89. The van der Waals surface area contributed by atoms with Gasteiger partial charge in [0.1, 0.15) is 0 Å². The van der Waals surface area contributed by atoms with E-state index in [0.29, 0.717) is 25.2 Å². The van der Waals surface area contributed by atoms with Gasteiger partial charge < -0.3 is 5.11 Å². The molecule has 1 saturated carbocycles. The number of carboxylic acids is 1. The largest absolute Gasteiger partial charge is 0.481 e. The summed E-state index contributed by atoms with van der Waals surface area (Å²) in [5.74, 6) is -0.364. The van der Waals surface area contributed by atoms with Gasteiger partial charge in [-0.3, -0.25) is 9.59 Å². The first-order chi connectivity index (χ1) is 9.06. The summed E-state index contributed by atoms with van der Waals surface area (Å²) in [7, 11) is 0. The third-order valence-electron chi connectivity index (χ3n) is 4.04. The second-order valence-electron chi connectivity index (χ2n) is 5.55. The topological polar surface area (TPSA) is 54.4 Å². The Hall–Kier alpha value is -1.64. The lowest BCUT2D eigenvalue weighted by atomic mass is 9.79. The summed E-state index contributed by atoms with van der Waals surface area (Å²) in [4.78, 5) is 23.0. The number of carbonyl (C=O) groups is 2. The molecule has 0 atom stereocenters. The zero-order valence-electron chi connectivity index (χ0n) is 11.3. The monoisotopic (exact) mass is 260 g/mol. The molecular formula is C16H20O3. The summed E-state index contributed by atoms with van der Waals surface area (Å²) in [6.07, 6.45) is 3.68. The number of hydrogen-bond acceptors (Lipinski definition) is 2. The van der Waals surface area contributed by atoms with E-state index in [9.17, 15) is 9.59 Å². The normalized spacial score (nSPS) is 23.0. The number of Topliss-reactive ketones (excluding diaryl/α,β-unsaturated/α-hetero) is 1. The van der Waals surface area contributed by atoms with Crippen LogP contribution in [-0.4, -0.2) is 16.9 Å². The van der Waals surface area contributed by atoms with Crippen molar-refractivity contribution in [2.24, 2.45) is 11.8 Å². The van der Waals surface area contributed by atoms with Gasteiger partial charge >= 0.3 is 5.97 Å². The molecule has 0 aliphatic heterocycles. The van der Waals surface area contributed by atoms with Crippen molar-refractivity contribution in [3.8, 4) is 0 Å². The van der Waals surface area contributed by atoms with Crippen LogP contribution >= 0.6 is 0 Å². The highest BCUT2D eigenvalue weighted by Gasteiger charge is 2.27.